The minimum absolute atomic E-state index is 0.618. The van der Waals surface area contributed by atoms with E-state index in [1.807, 2.05) is 25.1 Å². The van der Waals surface area contributed by atoms with Gasteiger partial charge in [-0.15, -0.1) is 0 Å². The lowest BCUT2D eigenvalue weighted by Crippen LogP contribution is -2.17. The number of ether oxygens (including phenoxy) is 1. The molecule has 0 saturated heterocycles. The van der Waals surface area contributed by atoms with Crippen LogP contribution in [0.25, 0.3) is 0 Å². The lowest BCUT2D eigenvalue weighted by atomic mass is 10.0. The van der Waals surface area contributed by atoms with Gasteiger partial charge in [0.1, 0.15) is 5.75 Å². The Balaban J connectivity index is 1.63. The Hall–Kier alpha value is -1.38. The molecule has 1 aromatic rings. The van der Waals surface area contributed by atoms with Crippen LogP contribution in [0.3, 0.4) is 0 Å². The van der Waals surface area contributed by atoms with Gasteiger partial charge >= 0.3 is 0 Å². The van der Waals surface area contributed by atoms with Crippen molar-refractivity contribution < 1.29 is 4.74 Å². The van der Waals surface area contributed by atoms with Gasteiger partial charge in [0, 0.05) is 18.3 Å². The van der Waals surface area contributed by atoms with Gasteiger partial charge in [-0.05, 0) is 56.1 Å². The van der Waals surface area contributed by atoms with Gasteiger partial charge in [-0.3, -0.25) is 0 Å². The fourth-order valence-electron chi connectivity index (χ4n) is 2.79. The molecule has 2 aliphatic rings. The van der Waals surface area contributed by atoms with Crippen LogP contribution in [0, 0.1) is 11.3 Å². The average molecular weight is 246 g/mol. The first-order valence-electron chi connectivity index (χ1n) is 7.00. The first kappa shape index (κ1) is 11.7. The molecule has 0 aromatic heterocycles. The number of nitrogen functional groups attached to an aromatic ring is 1. The highest BCUT2D eigenvalue weighted by Crippen LogP contribution is 2.61. The fourth-order valence-corrected chi connectivity index (χ4v) is 2.79. The quantitative estimate of drug-likeness (QED) is 0.757. The third-order valence-corrected chi connectivity index (χ3v) is 4.29. The second kappa shape index (κ2) is 4.38. The summed E-state index contributed by atoms with van der Waals surface area (Å²) in [6.45, 7) is 3.73. The number of nitrogens with two attached hydrogens (primary N) is 1. The summed E-state index contributed by atoms with van der Waals surface area (Å²) >= 11 is 0. The lowest BCUT2D eigenvalue weighted by Gasteiger charge is -2.17. The maximum atomic E-state index is 5.88. The monoisotopic (exact) mass is 246 g/mol. The first-order chi connectivity index (χ1) is 8.73. The van der Waals surface area contributed by atoms with Crippen LogP contribution in [0.4, 0.5) is 11.4 Å². The number of nitrogens with one attached hydrogen (secondary N) is 1. The largest absolute Gasteiger partial charge is 0.492 e. The molecule has 3 rings (SSSR count). The second-order valence-corrected chi connectivity index (χ2v) is 5.68. The van der Waals surface area contributed by atoms with Gasteiger partial charge < -0.3 is 15.8 Å². The summed E-state index contributed by atoms with van der Waals surface area (Å²) < 4.78 is 5.52. The van der Waals surface area contributed by atoms with Gasteiger partial charge in [0.05, 0.1) is 12.3 Å². The highest BCUT2D eigenvalue weighted by molar-refractivity contribution is 5.61. The molecule has 2 fully saturated rings. The van der Waals surface area contributed by atoms with Crippen LogP contribution in [0.5, 0.6) is 5.75 Å². The Morgan fingerprint density at radius 2 is 2.17 bits per heavy atom. The third-order valence-electron chi connectivity index (χ3n) is 4.29. The standard InChI is InChI=1S/C15H22N2O/c1-2-18-14-9-12(5-6-13(14)16)17-10-15(7-8-15)11-3-4-11/h5-6,9,11,17H,2-4,7-8,10,16H2,1H3. The molecule has 18 heavy (non-hydrogen) atoms. The molecule has 98 valence electrons. The summed E-state index contributed by atoms with van der Waals surface area (Å²) in [5.74, 6) is 1.78. The van der Waals surface area contributed by atoms with E-state index in [9.17, 15) is 0 Å². The van der Waals surface area contributed by atoms with Crippen molar-refractivity contribution in [2.45, 2.75) is 32.6 Å². The fraction of sp³-hybridized carbons (Fsp3) is 0.600. The van der Waals surface area contributed by atoms with Crippen molar-refractivity contribution in [3.8, 4) is 5.75 Å². The van der Waals surface area contributed by atoms with Gasteiger partial charge in [-0.25, -0.2) is 0 Å². The summed E-state index contributed by atoms with van der Waals surface area (Å²) in [4.78, 5) is 0. The average Bonchev–Trinajstić information content (AvgIpc) is 3.24. The summed E-state index contributed by atoms with van der Waals surface area (Å²) in [6, 6.07) is 5.98. The van der Waals surface area contributed by atoms with Crippen molar-refractivity contribution in [1.29, 1.82) is 0 Å². The molecule has 0 amide bonds. The molecule has 0 aliphatic heterocycles. The molecule has 3 heteroatoms. The number of anilines is 2. The molecule has 0 atom stereocenters. The molecular weight excluding hydrogens is 224 g/mol. The van der Waals surface area contributed by atoms with E-state index in [1.165, 1.54) is 25.7 Å². The predicted octanol–water partition coefficient (Wildman–Crippen LogP) is 3.27. The zero-order valence-electron chi connectivity index (χ0n) is 11.0. The van der Waals surface area contributed by atoms with Crippen molar-refractivity contribution in [3.05, 3.63) is 18.2 Å². The van der Waals surface area contributed by atoms with E-state index in [4.69, 9.17) is 10.5 Å². The molecule has 2 aliphatic carbocycles. The molecule has 0 spiro atoms. The van der Waals surface area contributed by atoms with E-state index in [2.05, 4.69) is 5.32 Å². The topological polar surface area (TPSA) is 47.3 Å². The van der Waals surface area contributed by atoms with Crippen molar-refractivity contribution in [2.24, 2.45) is 11.3 Å². The van der Waals surface area contributed by atoms with Gasteiger partial charge in [0.15, 0.2) is 0 Å². The van der Waals surface area contributed by atoms with Crippen LogP contribution in [0.2, 0.25) is 0 Å². The molecule has 0 heterocycles. The zero-order valence-corrected chi connectivity index (χ0v) is 11.0. The van der Waals surface area contributed by atoms with E-state index in [-0.39, 0.29) is 0 Å². The van der Waals surface area contributed by atoms with E-state index < -0.39 is 0 Å². The van der Waals surface area contributed by atoms with Crippen molar-refractivity contribution in [1.82, 2.24) is 0 Å². The van der Waals surface area contributed by atoms with E-state index in [0.29, 0.717) is 17.7 Å². The normalized spacial score (nSPS) is 20.5. The van der Waals surface area contributed by atoms with Crippen LogP contribution in [-0.4, -0.2) is 13.2 Å². The summed E-state index contributed by atoms with van der Waals surface area (Å²) in [5, 5.41) is 3.56. The van der Waals surface area contributed by atoms with E-state index in [1.54, 1.807) is 0 Å². The van der Waals surface area contributed by atoms with Crippen LogP contribution in [0.15, 0.2) is 18.2 Å². The zero-order chi connectivity index (χ0) is 12.6. The van der Waals surface area contributed by atoms with Gasteiger partial charge in [0.2, 0.25) is 0 Å². The number of rotatable bonds is 6. The minimum atomic E-state index is 0.618. The number of hydrogen-bond acceptors (Lipinski definition) is 3. The van der Waals surface area contributed by atoms with Crippen molar-refractivity contribution in [3.63, 3.8) is 0 Å². The molecule has 0 bridgehead atoms. The molecular formula is C15H22N2O. The van der Waals surface area contributed by atoms with Crippen LogP contribution < -0.4 is 15.8 Å². The minimum Gasteiger partial charge on any atom is -0.492 e. The van der Waals surface area contributed by atoms with E-state index in [0.717, 1.165) is 23.9 Å². The lowest BCUT2D eigenvalue weighted by molar-refractivity contribution is 0.342. The van der Waals surface area contributed by atoms with Crippen molar-refractivity contribution in [2.75, 3.05) is 24.2 Å². The Bertz CT molecular complexity index is 436. The molecule has 1 aromatic carbocycles. The maximum absolute atomic E-state index is 5.88. The van der Waals surface area contributed by atoms with Crippen LogP contribution in [0.1, 0.15) is 32.6 Å². The summed E-state index contributed by atoms with van der Waals surface area (Å²) in [7, 11) is 0. The van der Waals surface area contributed by atoms with Gasteiger partial charge in [0.25, 0.3) is 0 Å². The van der Waals surface area contributed by atoms with Crippen LogP contribution in [-0.2, 0) is 0 Å². The Kier molecular flexibility index (Phi) is 2.84. The highest BCUT2D eigenvalue weighted by atomic mass is 16.5. The van der Waals surface area contributed by atoms with Crippen LogP contribution >= 0.6 is 0 Å². The molecule has 2 saturated carbocycles. The molecule has 3 N–H and O–H groups in total. The summed E-state index contributed by atoms with van der Waals surface area (Å²) in [6.07, 6.45) is 5.68. The molecule has 0 unspecified atom stereocenters. The molecule has 3 nitrogen and oxygen atoms in total. The third kappa shape index (κ3) is 2.26. The van der Waals surface area contributed by atoms with Crippen molar-refractivity contribution >= 4 is 11.4 Å². The van der Waals surface area contributed by atoms with Gasteiger partial charge in [-0.2, -0.15) is 0 Å². The number of benzene rings is 1. The Morgan fingerprint density at radius 1 is 1.39 bits per heavy atom. The maximum Gasteiger partial charge on any atom is 0.144 e. The second-order valence-electron chi connectivity index (χ2n) is 5.68. The predicted molar refractivity (Wildman–Crippen MR) is 74.9 cm³/mol. The Labute approximate surface area is 109 Å². The molecule has 0 radical (unpaired) electrons. The first-order valence-corrected chi connectivity index (χ1v) is 7.00. The SMILES string of the molecule is CCOc1cc(NCC2(C3CC3)CC2)ccc1N. The smallest absolute Gasteiger partial charge is 0.144 e. The van der Waals surface area contributed by atoms with Gasteiger partial charge in [-0.1, -0.05) is 0 Å². The highest BCUT2D eigenvalue weighted by Gasteiger charge is 2.53. The Morgan fingerprint density at radius 3 is 2.78 bits per heavy atom. The van der Waals surface area contributed by atoms with E-state index >= 15 is 0 Å². The summed E-state index contributed by atoms with van der Waals surface area (Å²) in [5.41, 5.74) is 8.33. The number of hydrogen-bond donors (Lipinski definition) is 2.